The molecule has 1 aliphatic heterocycles. The minimum atomic E-state index is -2.43. The molecule has 2 aliphatic rings. The van der Waals surface area contributed by atoms with Crippen molar-refractivity contribution in [2.24, 2.45) is 16.7 Å². The zero-order valence-electron chi connectivity index (χ0n) is 10.4. The van der Waals surface area contributed by atoms with Gasteiger partial charge in [-0.3, -0.25) is 0 Å². The fraction of sp³-hybridized carbons (Fsp3) is 1.00. The summed E-state index contributed by atoms with van der Waals surface area (Å²) in [6.45, 7) is 10.9. The molecule has 0 amide bonds. The summed E-state index contributed by atoms with van der Waals surface area (Å²) in [7, 11) is 0. The topological polar surface area (TPSA) is 0 Å². The monoisotopic (exact) mass is 214 g/mol. The second kappa shape index (κ2) is 2.78. The molecule has 1 saturated carbocycles. The summed E-state index contributed by atoms with van der Waals surface area (Å²) < 4.78 is 27.8. The summed E-state index contributed by atoms with van der Waals surface area (Å²) >= 11 is 0. The van der Waals surface area contributed by atoms with Crippen LogP contribution in [0, 0.1) is 16.7 Å². The van der Waals surface area contributed by atoms with Crippen molar-refractivity contribution in [2.75, 3.05) is 0 Å². The molecular formula is C12H21BF2. The largest absolute Gasteiger partial charge is 0.250 e. The Kier molecular flexibility index (Phi) is 2.12. The highest BCUT2D eigenvalue weighted by Gasteiger charge is 2.71. The van der Waals surface area contributed by atoms with E-state index in [-0.39, 0.29) is 23.1 Å². The predicted octanol–water partition coefficient (Wildman–Crippen LogP) is 4.20. The minimum Gasteiger partial charge on any atom is -0.207 e. The standard InChI is InChI=1S/C12H21BF2/c1-10(2)8-9(11(10,3)4)13(5)7-6-12(8,14)15/h8-9H,6-7H2,1-5H3. The van der Waals surface area contributed by atoms with Crippen LogP contribution in [0.3, 0.4) is 0 Å². The summed E-state index contributed by atoms with van der Waals surface area (Å²) in [6.07, 6.45) is 0.780. The van der Waals surface area contributed by atoms with Crippen molar-refractivity contribution < 1.29 is 8.78 Å². The van der Waals surface area contributed by atoms with Crippen molar-refractivity contribution in [2.45, 2.75) is 59.0 Å². The van der Waals surface area contributed by atoms with E-state index in [1.807, 2.05) is 13.8 Å². The first-order valence-electron chi connectivity index (χ1n) is 6.00. The van der Waals surface area contributed by atoms with Crippen LogP contribution in [0.5, 0.6) is 0 Å². The molecule has 1 aliphatic carbocycles. The lowest BCUT2D eigenvalue weighted by atomic mass is 9.19. The van der Waals surface area contributed by atoms with E-state index in [0.717, 1.165) is 0 Å². The Morgan fingerprint density at radius 1 is 1.07 bits per heavy atom. The van der Waals surface area contributed by atoms with Crippen molar-refractivity contribution in [3.63, 3.8) is 0 Å². The summed E-state index contributed by atoms with van der Waals surface area (Å²) in [5.74, 6) is -2.63. The number of halogens is 2. The second-order valence-electron chi connectivity index (χ2n) is 6.72. The van der Waals surface area contributed by atoms with E-state index in [4.69, 9.17) is 0 Å². The van der Waals surface area contributed by atoms with Gasteiger partial charge in [0.1, 0.15) is 6.71 Å². The van der Waals surface area contributed by atoms with Crippen LogP contribution in [0.1, 0.15) is 34.1 Å². The highest BCUT2D eigenvalue weighted by Crippen LogP contribution is 2.74. The van der Waals surface area contributed by atoms with Crippen LogP contribution in [-0.2, 0) is 0 Å². The summed E-state index contributed by atoms with van der Waals surface area (Å²) in [5, 5.41) is 0. The van der Waals surface area contributed by atoms with Crippen molar-refractivity contribution >= 4 is 6.71 Å². The maximum absolute atomic E-state index is 13.9. The lowest BCUT2D eigenvalue weighted by Crippen LogP contribution is -2.67. The van der Waals surface area contributed by atoms with E-state index in [2.05, 4.69) is 20.7 Å². The molecule has 0 aromatic carbocycles. The first-order chi connectivity index (χ1) is 6.62. The molecule has 0 bridgehead atoms. The van der Waals surface area contributed by atoms with E-state index in [1.54, 1.807) is 0 Å². The average Bonchev–Trinajstić information content (AvgIpc) is 2.08. The van der Waals surface area contributed by atoms with Crippen molar-refractivity contribution in [3.8, 4) is 0 Å². The second-order valence-corrected chi connectivity index (χ2v) is 6.72. The Hall–Kier alpha value is -0.0751. The third-order valence-corrected chi connectivity index (χ3v) is 5.63. The quantitative estimate of drug-likeness (QED) is 0.530. The zero-order chi connectivity index (χ0) is 11.6. The van der Waals surface area contributed by atoms with Crippen LogP contribution in [0.15, 0.2) is 0 Å². The third kappa shape index (κ3) is 1.18. The van der Waals surface area contributed by atoms with Crippen LogP contribution in [0.2, 0.25) is 19.0 Å². The summed E-state index contributed by atoms with van der Waals surface area (Å²) in [4.78, 5) is 0. The Balaban J connectivity index is 2.37. The van der Waals surface area contributed by atoms with Gasteiger partial charge in [0.2, 0.25) is 5.92 Å². The Labute approximate surface area is 91.9 Å². The lowest BCUT2D eigenvalue weighted by Gasteiger charge is -2.70. The van der Waals surface area contributed by atoms with Gasteiger partial charge >= 0.3 is 0 Å². The van der Waals surface area contributed by atoms with E-state index in [9.17, 15) is 8.78 Å². The molecule has 0 spiro atoms. The number of alkyl halides is 2. The summed E-state index contributed by atoms with van der Waals surface area (Å²) in [6, 6.07) is 0. The van der Waals surface area contributed by atoms with E-state index in [0.29, 0.717) is 13.0 Å². The Morgan fingerprint density at radius 3 is 2.07 bits per heavy atom. The van der Waals surface area contributed by atoms with Gasteiger partial charge in [-0.15, -0.1) is 0 Å². The van der Waals surface area contributed by atoms with E-state index >= 15 is 0 Å². The molecule has 1 heterocycles. The molecule has 0 aromatic rings. The Morgan fingerprint density at radius 2 is 1.60 bits per heavy atom. The molecular weight excluding hydrogens is 193 g/mol. The lowest BCUT2D eigenvalue weighted by molar-refractivity contribution is -0.222. The van der Waals surface area contributed by atoms with Gasteiger partial charge in [-0.25, -0.2) is 8.78 Å². The van der Waals surface area contributed by atoms with Gasteiger partial charge in [0.25, 0.3) is 0 Å². The van der Waals surface area contributed by atoms with Gasteiger partial charge in [-0.05, 0) is 16.6 Å². The fourth-order valence-electron chi connectivity index (χ4n) is 4.19. The number of hydrogen-bond acceptors (Lipinski definition) is 0. The normalized spacial score (nSPS) is 40.6. The maximum Gasteiger partial charge on any atom is 0.250 e. The molecule has 86 valence electrons. The van der Waals surface area contributed by atoms with Gasteiger partial charge in [0.05, 0.1) is 0 Å². The molecule has 3 heteroatoms. The van der Waals surface area contributed by atoms with Gasteiger partial charge in [-0.2, -0.15) is 0 Å². The number of hydrogen-bond donors (Lipinski definition) is 0. The first kappa shape index (κ1) is 11.4. The summed E-state index contributed by atoms with van der Waals surface area (Å²) in [5.41, 5.74) is -0.170. The molecule has 0 nitrogen and oxygen atoms in total. The highest BCUT2D eigenvalue weighted by molar-refractivity contribution is 6.60. The molecule has 1 saturated heterocycles. The molecule has 0 radical (unpaired) electrons. The van der Waals surface area contributed by atoms with Crippen molar-refractivity contribution in [3.05, 3.63) is 0 Å². The first-order valence-corrected chi connectivity index (χ1v) is 6.00. The van der Waals surface area contributed by atoms with Gasteiger partial charge < -0.3 is 0 Å². The maximum atomic E-state index is 13.9. The van der Waals surface area contributed by atoms with Crippen LogP contribution in [-0.4, -0.2) is 12.6 Å². The molecule has 2 unspecified atom stereocenters. The van der Waals surface area contributed by atoms with Crippen LogP contribution < -0.4 is 0 Å². The van der Waals surface area contributed by atoms with E-state index < -0.39 is 11.8 Å². The van der Waals surface area contributed by atoms with Gasteiger partial charge in [-0.1, -0.05) is 40.8 Å². The van der Waals surface area contributed by atoms with Crippen molar-refractivity contribution in [1.29, 1.82) is 0 Å². The molecule has 2 atom stereocenters. The molecule has 2 rings (SSSR count). The molecule has 2 fully saturated rings. The highest BCUT2D eigenvalue weighted by atomic mass is 19.3. The van der Waals surface area contributed by atoms with Crippen LogP contribution >= 0.6 is 0 Å². The minimum absolute atomic E-state index is 0.0565. The Bertz CT molecular complexity index is 283. The van der Waals surface area contributed by atoms with Crippen LogP contribution in [0.4, 0.5) is 8.78 Å². The molecule has 15 heavy (non-hydrogen) atoms. The smallest absolute Gasteiger partial charge is 0.207 e. The predicted molar refractivity (Wildman–Crippen MR) is 60.8 cm³/mol. The molecule has 0 aromatic heterocycles. The van der Waals surface area contributed by atoms with Gasteiger partial charge in [0, 0.05) is 12.3 Å². The number of fused-ring (bicyclic) bond motifs is 1. The number of rotatable bonds is 0. The SMILES string of the molecule is CB1CCC(F)(F)C2C1C(C)(C)C2(C)C. The third-order valence-electron chi connectivity index (χ3n) is 5.63. The van der Waals surface area contributed by atoms with Crippen molar-refractivity contribution in [1.82, 2.24) is 0 Å². The fourth-order valence-corrected chi connectivity index (χ4v) is 4.19. The molecule has 0 N–H and O–H groups in total. The average molecular weight is 214 g/mol. The van der Waals surface area contributed by atoms with E-state index in [1.165, 1.54) is 0 Å². The van der Waals surface area contributed by atoms with Crippen LogP contribution in [0.25, 0.3) is 0 Å². The van der Waals surface area contributed by atoms with Gasteiger partial charge in [0.15, 0.2) is 0 Å². The zero-order valence-corrected chi connectivity index (χ0v) is 10.4.